The highest BCUT2D eigenvalue weighted by molar-refractivity contribution is 4.75. The van der Waals surface area contributed by atoms with Gasteiger partial charge in [0.1, 0.15) is 0 Å². The molecule has 0 aromatic carbocycles. The molecule has 0 saturated carbocycles. The second-order valence-corrected chi connectivity index (χ2v) is 4.33. The molecule has 0 heterocycles. The SMILES string of the molecule is CCCC(C)N(C)C(CN)CC(OC)OC. The molecule has 0 aromatic rings. The Morgan fingerprint density at radius 3 is 2.19 bits per heavy atom. The molecular formula is C12H28N2O2. The Morgan fingerprint density at radius 1 is 1.25 bits per heavy atom. The number of hydrogen-bond donors (Lipinski definition) is 1. The van der Waals surface area contributed by atoms with Crippen LogP contribution in [0.3, 0.4) is 0 Å². The zero-order valence-corrected chi connectivity index (χ0v) is 11.4. The van der Waals surface area contributed by atoms with Crippen molar-refractivity contribution in [3.8, 4) is 0 Å². The molecule has 0 bridgehead atoms. The minimum Gasteiger partial charge on any atom is -0.356 e. The predicted molar refractivity (Wildman–Crippen MR) is 67.4 cm³/mol. The van der Waals surface area contributed by atoms with E-state index >= 15 is 0 Å². The number of nitrogens with two attached hydrogens (primary N) is 1. The van der Waals surface area contributed by atoms with Gasteiger partial charge in [-0.1, -0.05) is 13.3 Å². The summed E-state index contributed by atoms with van der Waals surface area (Å²) in [5.74, 6) is 0. The lowest BCUT2D eigenvalue weighted by Crippen LogP contribution is -2.45. The van der Waals surface area contributed by atoms with E-state index in [0.717, 1.165) is 6.42 Å². The van der Waals surface area contributed by atoms with E-state index in [9.17, 15) is 0 Å². The van der Waals surface area contributed by atoms with Crippen LogP contribution < -0.4 is 5.73 Å². The van der Waals surface area contributed by atoms with Gasteiger partial charge in [0.25, 0.3) is 0 Å². The predicted octanol–water partition coefficient (Wildman–Crippen LogP) is 1.44. The van der Waals surface area contributed by atoms with Crippen LogP contribution in [0, 0.1) is 0 Å². The second kappa shape index (κ2) is 8.93. The van der Waals surface area contributed by atoms with E-state index in [1.165, 1.54) is 12.8 Å². The summed E-state index contributed by atoms with van der Waals surface area (Å²) >= 11 is 0. The summed E-state index contributed by atoms with van der Waals surface area (Å²) in [5, 5.41) is 0. The van der Waals surface area contributed by atoms with E-state index in [0.29, 0.717) is 18.6 Å². The number of likely N-dealkylation sites (N-methyl/N-ethyl adjacent to an activating group) is 1. The molecule has 2 atom stereocenters. The third kappa shape index (κ3) is 5.25. The van der Waals surface area contributed by atoms with Gasteiger partial charge in [0, 0.05) is 39.3 Å². The van der Waals surface area contributed by atoms with E-state index < -0.39 is 0 Å². The summed E-state index contributed by atoms with van der Waals surface area (Å²) in [5.41, 5.74) is 5.81. The molecule has 0 saturated heterocycles. The summed E-state index contributed by atoms with van der Waals surface area (Å²) < 4.78 is 10.4. The van der Waals surface area contributed by atoms with Crippen molar-refractivity contribution in [2.24, 2.45) is 5.73 Å². The lowest BCUT2D eigenvalue weighted by molar-refractivity contribution is -0.117. The standard InChI is InChI=1S/C12H28N2O2/c1-6-7-10(2)14(3)11(9-13)8-12(15-4)16-5/h10-12H,6-9,13H2,1-5H3. The van der Waals surface area contributed by atoms with Crippen LogP contribution >= 0.6 is 0 Å². The highest BCUT2D eigenvalue weighted by Crippen LogP contribution is 2.13. The molecule has 98 valence electrons. The van der Waals surface area contributed by atoms with Gasteiger partial charge < -0.3 is 15.2 Å². The van der Waals surface area contributed by atoms with E-state index in [4.69, 9.17) is 15.2 Å². The van der Waals surface area contributed by atoms with Crippen LogP contribution in [-0.2, 0) is 9.47 Å². The van der Waals surface area contributed by atoms with Gasteiger partial charge in [-0.05, 0) is 20.4 Å². The fourth-order valence-corrected chi connectivity index (χ4v) is 1.92. The molecule has 0 aliphatic carbocycles. The molecule has 0 fully saturated rings. The van der Waals surface area contributed by atoms with Gasteiger partial charge in [0.2, 0.25) is 0 Å². The average Bonchev–Trinajstić information content (AvgIpc) is 2.30. The topological polar surface area (TPSA) is 47.7 Å². The molecule has 2 N–H and O–H groups in total. The van der Waals surface area contributed by atoms with Crippen molar-refractivity contribution in [3.63, 3.8) is 0 Å². The molecule has 4 nitrogen and oxygen atoms in total. The van der Waals surface area contributed by atoms with Gasteiger partial charge in [-0.3, -0.25) is 4.90 Å². The number of rotatable bonds is 9. The largest absolute Gasteiger partial charge is 0.356 e. The fraction of sp³-hybridized carbons (Fsp3) is 1.00. The van der Waals surface area contributed by atoms with Crippen LogP contribution in [0.4, 0.5) is 0 Å². The first kappa shape index (κ1) is 15.8. The first-order chi connectivity index (χ1) is 7.60. The summed E-state index contributed by atoms with van der Waals surface area (Å²) in [4.78, 5) is 2.33. The normalized spacial score (nSPS) is 15.8. The molecule has 2 unspecified atom stereocenters. The van der Waals surface area contributed by atoms with Crippen molar-refractivity contribution in [3.05, 3.63) is 0 Å². The van der Waals surface area contributed by atoms with Crippen LogP contribution in [-0.4, -0.2) is 51.1 Å². The quantitative estimate of drug-likeness (QED) is 0.611. The molecular weight excluding hydrogens is 204 g/mol. The number of ether oxygens (including phenoxy) is 2. The van der Waals surface area contributed by atoms with Gasteiger partial charge in [-0.2, -0.15) is 0 Å². The fourth-order valence-electron chi connectivity index (χ4n) is 1.92. The Morgan fingerprint density at radius 2 is 1.81 bits per heavy atom. The molecule has 0 spiro atoms. The Bertz CT molecular complexity index is 163. The highest BCUT2D eigenvalue weighted by atomic mass is 16.7. The summed E-state index contributed by atoms with van der Waals surface area (Å²) in [6.07, 6.45) is 3.04. The first-order valence-corrected chi connectivity index (χ1v) is 6.08. The van der Waals surface area contributed by atoms with E-state index in [1.54, 1.807) is 14.2 Å². The lowest BCUT2D eigenvalue weighted by Gasteiger charge is -2.33. The minimum absolute atomic E-state index is 0.162. The highest BCUT2D eigenvalue weighted by Gasteiger charge is 2.21. The molecule has 16 heavy (non-hydrogen) atoms. The van der Waals surface area contributed by atoms with Gasteiger partial charge in [0.15, 0.2) is 6.29 Å². The molecule has 0 aliphatic rings. The Kier molecular flexibility index (Phi) is 8.84. The maximum absolute atomic E-state index is 5.81. The van der Waals surface area contributed by atoms with E-state index in [2.05, 4.69) is 25.8 Å². The number of methoxy groups -OCH3 is 2. The van der Waals surface area contributed by atoms with Crippen molar-refractivity contribution >= 4 is 0 Å². The van der Waals surface area contributed by atoms with Crippen LogP contribution in [0.5, 0.6) is 0 Å². The molecule has 0 aromatic heterocycles. The van der Waals surface area contributed by atoms with Crippen molar-refractivity contribution in [1.82, 2.24) is 4.90 Å². The zero-order chi connectivity index (χ0) is 12.6. The number of hydrogen-bond acceptors (Lipinski definition) is 4. The van der Waals surface area contributed by atoms with Gasteiger partial charge >= 0.3 is 0 Å². The molecule has 4 heteroatoms. The van der Waals surface area contributed by atoms with Crippen molar-refractivity contribution in [1.29, 1.82) is 0 Å². The Hall–Kier alpha value is -0.160. The summed E-state index contributed by atoms with van der Waals surface area (Å²) in [6.45, 7) is 5.07. The van der Waals surface area contributed by atoms with Crippen molar-refractivity contribution in [2.45, 2.75) is 51.5 Å². The van der Waals surface area contributed by atoms with Crippen LogP contribution in [0.1, 0.15) is 33.1 Å². The zero-order valence-electron chi connectivity index (χ0n) is 11.4. The van der Waals surface area contributed by atoms with E-state index in [1.807, 2.05) is 0 Å². The maximum atomic E-state index is 5.81. The first-order valence-electron chi connectivity index (χ1n) is 6.08. The second-order valence-electron chi connectivity index (χ2n) is 4.33. The van der Waals surface area contributed by atoms with Gasteiger partial charge in [-0.15, -0.1) is 0 Å². The minimum atomic E-state index is -0.162. The Labute approximate surface area is 100 Å². The lowest BCUT2D eigenvalue weighted by atomic mass is 10.1. The monoisotopic (exact) mass is 232 g/mol. The van der Waals surface area contributed by atoms with Gasteiger partial charge in [0.05, 0.1) is 0 Å². The van der Waals surface area contributed by atoms with Crippen LogP contribution in [0.25, 0.3) is 0 Å². The van der Waals surface area contributed by atoms with Gasteiger partial charge in [-0.25, -0.2) is 0 Å². The van der Waals surface area contributed by atoms with Crippen LogP contribution in [0.2, 0.25) is 0 Å². The molecule has 0 aliphatic heterocycles. The molecule has 0 rings (SSSR count). The third-order valence-corrected chi connectivity index (χ3v) is 3.24. The molecule has 0 amide bonds. The Balaban J connectivity index is 4.24. The van der Waals surface area contributed by atoms with Crippen molar-refractivity contribution < 1.29 is 9.47 Å². The molecule has 0 radical (unpaired) electrons. The third-order valence-electron chi connectivity index (χ3n) is 3.24. The average molecular weight is 232 g/mol. The van der Waals surface area contributed by atoms with Crippen LogP contribution in [0.15, 0.2) is 0 Å². The smallest absolute Gasteiger partial charge is 0.158 e. The maximum Gasteiger partial charge on any atom is 0.158 e. The summed E-state index contributed by atoms with van der Waals surface area (Å²) in [6, 6.07) is 0.861. The van der Waals surface area contributed by atoms with E-state index in [-0.39, 0.29) is 6.29 Å². The number of nitrogens with zero attached hydrogens (tertiary/aromatic N) is 1. The summed E-state index contributed by atoms with van der Waals surface area (Å²) in [7, 11) is 5.45. The van der Waals surface area contributed by atoms with Crippen molar-refractivity contribution in [2.75, 3.05) is 27.8 Å².